The van der Waals surface area contributed by atoms with Crippen LogP contribution in [0.4, 0.5) is 5.69 Å². The summed E-state index contributed by atoms with van der Waals surface area (Å²) in [6, 6.07) is 4.31. The van der Waals surface area contributed by atoms with Gasteiger partial charge in [-0.05, 0) is 38.1 Å². The van der Waals surface area contributed by atoms with Gasteiger partial charge in [-0.25, -0.2) is 12.7 Å². The Balaban J connectivity index is 2.30. The molecule has 0 fully saturated rings. The molecule has 2 rings (SSSR count). The molecule has 0 radical (unpaired) electrons. The minimum atomic E-state index is -3.63. The summed E-state index contributed by atoms with van der Waals surface area (Å²) < 4.78 is 32.7. The Hall–Kier alpha value is -2.65. The fraction of sp³-hybridized carbons (Fsp3) is 0.333. The highest BCUT2D eigenvalue weighted by Crippen LogP contribution is 2.28. The van der Waals surface area contributed by atoms with E-state index in [1.165, 1.54) is 45.5 Å². The van der Waals surface area contributed by atoms with Crippen LogP contribution >= 0.6 is 0 Å². The first kappa shape index (κ1) is 20.7. The monoisotopic (exact) mass is 392 g/mol. The lowest BCUT2D eigenvalue weighted by molar-refractivity contribution is -0.111. The minimum absolute atomic E-state index is 0.0616. The highest BCUT2D eigenvalue weighted by atomic mass is 32.2. The number of carbonyl (C=O) groups is 1. The summed E-state index contributed by atoms with van der Waals surface area (Å²) in [7, 11) is 2.54. The number of hydrogen-bond donors (Lipinski definition) is 1. The quantitative estimate of drug-likeness (QED) is 0.759. The zero-order valence-corrected chi connectivity index (χ0v) is 17.1. The Bertz CT molecular complexity index is 991. The normalized spacial score (nSPS) is 12.0. The Morgan fingerprint density at radius 3 is 2.48 bits per heavy atom. The molecule has 9 heteroatoms. The lowest BCUT2D eigenvalue weighted by atomic mass is 10.2. The van der Waals surface area contributed by atoms with Gasteiger partial charge >= 0.3 is 0 Å². The Kier molecular flexibility index (Phi) is 6.07. The SMILES string of the molecule is COc1ccc(S(=O)(=O)N(C)C)cc1NC(=O)/C=C/c1c(C)nn(C)c1C. The maximum absolute atomic E-state index is 12.3. The number of hydrogen-bond acceptors (Lipinski definition) is 5. The van der Waals surface area contributed by atoms with E-state index in [2.05, 4.69) is 10.4 Å². The van der Waals surface area contributed by atoms with Crippen LogP contribution in [0, 0.1) is 13.8 Å². The van der Waals surface area contributed by atoms with E-state index in [4.69, 9.17) is 4.74 Å². The van der Waals surface area contributed by atoms with Crippen molar-refractivity contribution < 1.29 is 17.9 Å². The Morgan fingerprint density at radius 2 is 1.96 bits per heavy atom. The maximum Gasteiger partial charge on any atom is 0.248 e. The van der Waals surface area contributed by atoms with Gasteiger partial charge in [-0.1, -0.05) is 0 Å². The predicted octanol–water partition coefficient (Wildman–Crippen LogP) is 1.95. The first-order chi connectivity index (χ1) is 12.6. The van der Waals surface area contributed by atoms with Crippen LogP contribution in [-0.4, -0.2) is 49.6 Å². The molecule has 0 aliphatic heterocycles. The molecule has 0 aliphatic carbocycles. The van der Waals surface area contributed by atoms with Crippen LogP contribution in [0.3, 0.4) is 0 Å². The summed E-state index contributed by atoms with van der Waals surface area (Å²) in [6.07, 6.45) is 3.06. The second-order valence-corrected chi connectivity index (χ2v) is 8.33. The number of sulfonamides is 1. The van der Waals surface area contributed by atoms with E-state index in [0.29, 0.717) is 5.75 Å². The number of carbonyl (C=O) groups excluding carboxylic acids is 1. The number of nitrogens with zero attached hydrogens (tertiary/aromatic N) is 3. The topological polar surface area (TPSA) is 93.5 Å². The molecular formula is C18H24N4O4S. The van der Waals surface area contributed by atoms with Gasteiger partial charge in [0.05, 0.1) is 23.4 Å². The van der Waals surface area contributed by atoms with Gasteiger partial charge in [0, 0.05) is 38.5 Å². The average molecular weight is 392 g/mol. The molecule has 146 valence electrons. The van der Waals surface area contributed by atoms with Crippen LogP contribution in [0.25, 0.3) is 6.08 Å². The van der Waals surface area contributed by atoms with Crippen LogP contribution in [0.1, 0.15) is 17.0 Å². The van der Waals surface area contributed by atoms with Crippen molar-refractivity contribution in [3.8, 4) is 5.75 Å². The molecule has 0 atom stereocenters. The van der Waals surface area contributed by atoms with E-state index < -0.39 is 15.9 Å². The fourth-order valence-electron chi connectivity index (χ4n) is 2.52. The summed E-state index contributed by atoms with van der Waals surface area (Å²) >= 11 is 0. The van der Waals surface area contributed by atoms with Gasteiger partial charge in [-0.2, -0.15) is 5.10 Å². The van der Waals surface area contributed by atoms with Crippen molar-refractivity contribution in [2.75, 3.05) is 26.5 Å². The molecule has 0 bridgehead atoms. The van der Waals surface area contributed by atoms with Crippen LogP contribution in [0.5, 0.6) is 5.75 Å². The van der Waals surface area contributed by atoms with Gasteiger partial charge in [-0.3, -0.25) is 9.48 Å². The number of aryl methyl sites for hydroxylation is 2. The first-order valence-electron chi connectivity index (χ1n) is 8.17. The molecule has 0 saturated heterocycles. The highest BCUT2D eigenvalue weighted by molar-refractivity contribution is 7.89. The Morgan fingerprint density at radius 1 is 1.30 bits per heavy atom. The first-order valence-corrected chi connectivity index (χ1v) is 9.61. The van der Waals surface area contributed by atoms with Crippen LogP contribution < -0.4 is 10.1 Å². The number of anilines is 1. The van der Waals surface area contributed by atoms with Crippen LogP contribution in [0.2, 0.25) is 0 Å². The van der Waals surface area contributed by atoms with E-state index in [9.17, 15) is 13.2 Å². The van der Waals surface area contributed by atoms with Crippen molar-refractivity contribution in [1.82, 2.24) is 14.1 Å². The third-order valence-corrected chi connectivity index (χ3v) is 5.98. The summed E-state index contributed by atoms with van der Waals surface area (Å²) in [6.45, 7) is 3.78. The van der Waals surface area contributed by atoms with Crippen molar-refractivity contribution in [3.05, 3.63) is 41.2 Å². The maximum atomic E-state index is 12.3. The molecule has 27 heavy (non-hydrogen) atoms. The zero-order chi connectivity index (χ0) is 20.4. The number of benzene rings is 1. The highest BCUT2D eigenvalue weighted by Gasteiger charge is 2.19. The zero-order valence-electron chi connectivity index (χ0n) is 16.3. The standard InChI is InChI=1S/C18H24N4O4S/c1-12-15(13(2)22(5)20-12)8-10-18(23)19-16-11-14(7-9-17(16)26-6)27(24,25)21(3)4/h7-11H,1-6H3,(H,19,23)/b10-8+. The van der Waals surface area contributed by atoms with Gasteiger partial charge in [0.15, 0.2) is 0 Å². The lowest BCUT2D eigenvalue weighted by Crippen LogP contribution is -2.22. The minimum Gasteiger partial charge on any atom is -0.495 e. The molecule has 1 N–H and O–H groups in total. The summed E-state index contributed by atoms with van der Waals surface area (Å²) in [4.78, 5) is 12.4. The number of amides is 1. The van der Waals surface area contributed by atoms with E-state index in [1.807, 2.05) is 20.9 Å². The number of rotatable bonds is 6. The van der Waals surface area contributed by atoms with Crippen molar-refractivity contribution in [2.45, 2.75) is 18.7 Å². The fourth-order valence-corrected chi connectivity index (χ4v) is 3.45. The number of aromatic nitrogens is 2. The van der Waals surface area contributed by atoms with Crippen molar-refractivity contribution in [2.24, 2.45) is 7.05 Å². The largest absolute Gasteiger partial charge is 0.495 e. The molecule has 2 aromatic rings. The number of ether oxygens (including phenoxy) is 1. The summed E-state index contributed by atoms with van der Waals surface area (Å²) in [5, 5.41) is 6.97. The second-order valence-electron chi connectivity index (χ2n) is 6.18. The third-order valence-electron chi connectivity index (χ3n) is 4.17. The van der Waals surface area contributed by atoms with E-state index in [1.54, 1.807) is 10.8 Å². The summed E-state index contributed by atoms with van der Waals surface area (Å²) in [5.41, 5.74) is 2.89. The third kappa shape index (κ3) is 4.37. The van der Waals surface area contributed by atoms with Crippen LogP contribution in [-0.2, 0) is 21.9 Å². The smallest absolute Gasteiger partial charge is 0.248 e. The van der Waals surface area contributed by atoms with Crippen molar-refractivity contribution in [1.29, 1.82) is 0 Å². The average Bonchev–Trinajstić information content (AvgIpc) is 2.84. The molecule has 1 aromatic carbocycles. The van der Waals surface area contributed by atoms with E-state index >= 15 is 0 Å². The van der Waals surface area contributed by atoms with E-state index in [0.717, 1.165) is 21.3 Å². The van der Waals surface area contributed by atoms with Crippen molar-refractivity contribution >= 4 is 27.7 Å². The van der Waals surface area contributed by atoms with Gasteiger partial charge < -0.3 is 10.1 Å². The predicted molar refractivity (Wildman–Crippen MR) is 104 cm³/mol. The van der Waals surface area contributed by atoms with Gasteiger partial charge in [0.1, 0.15) is 5.75 Å². The molecule has 0 spiro atoms. The molecule has 0 unspecified atom stereocenters. The van der Waals surface area contributed by atoms with Gasteiger partial charge in [-0.15, -0.1) is 0 Å². The number of nitrogens with one attached hydrogen (secondary N) is 1. The second kappa shape index (κ2) is 7.93. The van der Waals surface area contributed by atoms with Gasteiger partial charge in [0.2, 0.25) is 15.9 Å². The molecule has 1 aromatic heterocycles. The molecular weight excluding hydrogens is 368 g/mol. The Labute approximate surface area is 159 Å². The molecule has 1 amide bonds. The molecule has 8 nitrogen and oxygen atoms in total. The molecule has 0 aliphatic rings. The summed E-state index contributed by atoms with van der Waals surface area (Å²) in [5.74, 6) is -0.0430. The van der Waals surface area contributed by atoms with Gasteiger partial charge in [0.25, 0.3) is 0 Å². The van der Waals surface area contributed by atoms with Crippen LogP contribution in [0.15, 0.2) is 29.2 Å². The van der Waals surface area contributed by atoms with E-state index in [-0.39, 0.29) is 10.6 Å². The number of methoxy groups -OCH3 is 1. The molecule has 1 heterocycles. The molecule has 0 saturated carbocycles. The van der Waals surface area contributed by atoms with Crippen molar-refractivity contribution in [3.63, 3.8) is 0 Å². The lowest BCUT2D eigenvalue weighted by Gasteiger charge is -2.14.